The molecule has 1 unspecified atom stereocenters. The number of rotatable bonds is 4. The zero-order chi connectivity index (χ0) is 14.0. The van der Waals surface area contributed by atoms with E-state index in [-0.39, 0.29) is 11.9 Å². The van der Waals surface area contributed by atoms with Crippen LogP contribution >= 0.6 is 0 Å². The second-order valence-corrected chi connectivity index (χ2v) is 6.09. The van der Waals surface area contributed by atoms with Crippen molar-refractivity contribution in [3.8, 4) is 0 Å². The van der Waals surface area contributed by atoms with E-state index in [9.17, 15) is 14.7 Å². The fraction of sp³-hybridized carbons (Fsp3) is 0.846. The highest BCUT2D eigenvalue weighted by molar-refractivity contribution is 5.77. The molecule has 1 atom stereocenters. The Hall–Kier alpha value is -1.10. The molecular formula is C13H24N2O3. The number of hydrogen-bond donors (Lipinski definition) is 3. The normalized spacial score (nSPS) is 22.2. The third-order valence-electron chi connectivity index (χ3n) is 4.15. The first-order chi connectivity index (χ1) is 8.17. The van der Waals surface area contributed by atoms with Crippen LogP contribution in [0.4, 0.5) is 0 Å². The van der Waals surface area contributed by atoms with Crippen molar-refractivity contribution >= 4 is 11.9 Å². The first kappa shape index (κ1) is 15.0. The summed E-state index contributed by atoms with van der Waals surface area (Å²) in [7, 11) is 0. The molecule has 1 amide bonds. The van der Waals surface area contributed by atoms with Crippen molar-refractivity contribution in [3.05, 3.63) is 0 Å². The SMILES string of the molecule is CC(C)(NC1CCCNC(=O)C1)C(C)(C)C(=O)O. The van der Waals surface area contributed by atoms with Gasteiger partial charge in [0.2, 0.25) is 5.91 Å². The maximum atomic E-state index is 11.5. The molecule has 1 aliphatic heterocycles. The van der Waals surface area contributed by atoms with E-state index in [0.717, 1.165) is 12.8 Å². The second kappa shape index (κ2) is 5.26. The lowest BCUT2D eigenvalue weighted by Gasteiger charge is -2.41. The predicted octanol–water partition coefficient (Wildman–Crippen LogP) is 1.13. The van der Waals surface area contributed by atoms with Crippen molar-refractivity contribution in [2.24, 2.45) is 5.41 Å². The molecule has 0 bridgehead atoms. The van der Waals surface area contributed by atoms with Gasteiger partial charge in [-0.25, -0.2) is 0 Å². The van der Waals surface area contributed by atoms with E-state index in [1.807, 2.05) is 13.8 Å². The van der Waals surface area contributed by atoms with Crippen LogP contribution in [0, 0.1) is 5.41 Å². The summed E-state index contributed by atoms with van der Waals surface area (Å²) in [4.78, 5) is 22.8. The lowest BCUT2D eigenvalue weighted by molar-refractivity contribution is -0.151. The molecule has 5 nitrogen and oxygen atoms in total. The van der Waals surface area contributed by atoms with Gasteiger partial charge in [0.25, 0.3) is 0 Å². The first-order valence-corrected chi connectivity index (χ1v) is 6.44. The van der Waals surface area contributed by atoms with Gasteiger partial charge in [0, 0.05) is 24.5 Å². The number of amides is 1. The van der Waals surface area contributed by atoms with Crippen molar-refractivity contribution in [3.63, 3.8) is 0 Å². The summed E-state index contributed by atoms with van der Waals surface area (Å²) in [5.41, 5.74) is -1.47. The van der Waals surface area contributed by atoms with Crippen molar-refractivity contribution < 1.29 is 14.7 Å². The van der Waals surface area contributed by atoms with Gasteiger partial charge in [0.1, 0.15) is 0 Å². The molecule has 0 radical (unpaired) electrons. The van der Waals surface area contributed by atoms with Gasteiger partial charge in [-0.3, -0.25) is 9.59 Å². The Morgan fingerprint density at radius 2 is 2.00 bits per heavy atom. The fourth-order valence-electron chi connectivity index (χ4n) is 2.06. The molecule has 1 fully saturated rings. The molecule has 0 aliphatic carbocycles. The lowest BCUT2D eigenvalue weighted by atomic mass is 9.74. The van der Waals surface area contributed by atoms with E-state index in [1.54, 1.807) is 13.8 Å². The Labute approximate surface area is 108 Å². The van der Waals surface area contributed by atoms with Crippen LogP contribution in [0.3, 0.4) is 0 Å². The number of carboxylic acid groups (broad SMARTS) is 1. The lowest BCUT2D eigenvalue weighted by Crippen LogP contribution is -2.58. The van der Waals surface area contributed by atoms with Crippen LogP contribution in [-0.2, 0) is 9.59 Å². The molecule has 0 aromatic carbocycles. The van der Waals surface area contributed by atoms with Gasteiger partial charge in [-0.2, -0.15) is 0 Å². The largest absolute Gasteiger partial charge is 0.481 e. The van der Waals surface area contributed by atoms with Crippen LogP contribution in [-0.4, -0.2) is 35.1 Å². The Bertz CT molecular complexity index is 337. The van der Waals surface area contributed by atoms with E-state index in [1.165, 1.54) is 0 Å². The van der Waals surface area contributed by atoms with Crippen molar-refractivity contribution in [1.29, 1.82) is 0 Å². The zero-order valence-corrected chi connectivity index (χ0v) is 11.7. The van der Waals surface area contributed by atoms with E-state index in [4.69, 9.17) is 0 Å². The fourth-order valence-corrected chi connectivity index (χ4v) is 2.06. The standard InChI is InChI=1S/C13H24N2O3/c1-12(2,11(17)18)13(3,4)15-9-6-5-7-14-10(16)8-9/h9,15H,5-8H2,1-4H3,(H,14,16)(H,17,18). The third-order valence-corrected chi connectivity index (χ3v) is 4.15. The number of nitrogens with one attached hydrogen (secondary N) is 2. The Kier molecular flexibility index (Phi) is 4.37. The average Bonchev–Trinajstić information content (AvgIpc) is 2.41. The minimum atomic E-state index is -0.893. The van der Waals surface area contributed by atoms with Crippen molar-refractivity contribution in [2.75, 3.05) is 6.54 Å². The van der Waals surface area contributed by atoms with E-state index in [2.05, 4.69) is 10.6 Å². The molecule has 1 aliphatic rings. The maximum absolute atomic E-state index is 11.5. The van der Waals surface area contributed by atoms with Gasteiger partial charge in [0.05, 0.1) is 5.41 Å². The number of carbonyl (C=O) groups excluding carboxylic acids is 1. The van der Waals surface area contributed by atoms with Crippen LogP contribution in [0.1, 0.15) is 47.0 Å². The second-order valence-electron chi connectivity index (χ2n) is 6.09. The number of aliphatic carboxylic acids is 1. The summed E-state index contributed by atoms with van der Waals surface area (Å²) in [6, 6.07) is 0.0427. The van der Waals surface area contributed by atoms with Gasteiger partial charge in [0.15, 0.2) is 0 Å². The highest BCUT2D eigenvalue weighted by Crippen LogP contribution is 2.31. The topological polar surface area (TPSA) is 78.4 Å². The third kappa shape index (κ3) is 3.22. The molecule has 18 heavy (non-hydrogen) atoms. The molecule has 3 N–H and O–H groups in total. The molecule has 0 aromatic heterocycles. The molecule has 1 heterocycles. The van der Waals surface area contributed by atoms with E-state index < -0.39 is 16.9 Å². The molecule has 0 spiro atoms. The van der Waals surface area contributed by atoms with Gasteiger partial charge in [-0.05, 0) is 40.5 Å². The Morgan fingerprint density at radius 1 is 1.39 bits per heavy atom. The van der Waals surface area contributed by atoms with Crippen LogP contribution in [0.25, 0.3) is 0 Å². The molecule has 1 rings (SSSR count). The molecule has 104 valence electrons. The molecule has 0 saturated carbocycles. The van der Waals surface area contributed by atoms with Gasteiger partial charge < -0.3 is 15.7 Å². The van der Waals surface area contributed by atoms with Crippen LogP contribution in [0.2, 0.25) is 0 Å². The van der Waals surface area contributed by atoms with Gasteiger partial charge in [-0.15, -0.1) is 0 Å². The van der Waals surface area contributed by atoms with E-state index >= 15 is 0 Å². The first-order valence-electron chi connectivity index (χ1n) is 6.44. The van der Waals surface area contributed by atoms with Crippen molar-refractivity contribution in [2.45, 2.75) is 58.5 Å². The van der Waals surface area contributed by atoms with Crippen LogP contribution in [0.5, 0.6) is 0 Å². The number of carbonyl (C=O) groups is 2. The summed E-state index contributed by atoms with van der Waals surface area (Å²) in [6.45, 7) is 7.88. The molecule has 5 heteroatoms. The Morgan fingerprint density at radius 3 is 2.56 bits per heavy atom. The monoisotopic (exact) mass is 256 g/mol. The Balaban J connectivity index is 2.75. The van der Waals surface area contributed by atoms with E-state index in [0.29, 0.717) is 13.0 Å². The van der Waals surface area contributed by atoms with Crippen molar-refractivity contribution in [1.82, 2.24) is 10.6 Å². The molecular weight excluding hydrogens is 232 g/mol. The summed E-state index contributed by atoms with van der Waals surface area (Å²) < 4.78 is 0. The minimum absolute atomic E-state index is 0.0360. The van der Waals surface area contributed by atoms with Gasteiger partial charge in [-0.1, -0.05) is 0 Å². The predicted molar refractivity (Wildman–Crippen MR) is 69.3 cm³/mol. The molecule has 0 aromatic rings. The minimum Gasteiger partial charge on any atom is -0.481 e. The van der Waals surface area contributed by atoms with Gasteiger partial charge >= 0.3 is 5.97 Å². The quantitative estimate of drug-likeness (QED) is 0.704. The van der Waals surface area contributed by atoms with Crippen LogP contribution < -0.4 is 10.6 Å². The summed E-state index contributed by atoms with van der Waals surface area (Å²) >= 11 is 0. The highest BCUT2D eigenvalue weighted by atomic mass is 16.4. The summed E-state index contributed by atoms with van der Waals surface area (Å²) in [6.07, 6.45) is 2.23. The maximum Gasteiger partial charge on any atom is 0.310 e. The number of hydrogen-bond acceptors (Lipinski definition) is 3. The zero-order valence-electron chi connectivity index (χ0n) is 11.7. The summed E-state index contributed by atoms with van der Waals surface area (Å²) in [5, 5.41) is 15.5. The average molecular weight is 256 g/mol. The summed E-state index contributed by atoms with van der Waals surface area (Å²) in [5.74, 6) is -0.799. The molecule has 1 saturated heterocycles. The highest BCUT2D eigenvalue weighted by Gasteiger charge is 2.44. The van der Waals surface area contributed by atoms with Crippen LogP contribution in [0.15, 0.2) is 0 Å². The smallest absolute Gasteiger partial charge is 0.310 e. The number of carboxylic acids is 1.